The van der Waals surface area contributed by atoms with Gasteiger partial charge in [0.2, 0.25) is 5.91 Å². The molecule has 2 heterocycles. The van der Waals surface area contributed by atoms with Crippen LogP contribution in [0.3, 0.4) is 0 Å². The number of carbonyl (C=O) groups is 2. The highest BCUT2D eigenvalue weighted by Gasteiger charge is 2.38. The molecule has 0 bridgehead atoms. The monoisotopic (exact) mass is 488 g/mol. The van der Waals surface area contributed by atoms with Gasteiger partial charge in [0.1, 0.15) is 0 Å². The molecule has 190 valence electrons. The van der Waals surface area contributed by atoms with Crippen molar-refractivity contribution in [3.8, 4) is 0 Å². The lowest BCUT2D eigenvalue weighted by atomic mass is 9.93. The van der Waals surface area contributed by atoms with Crippen LogP contribution in [0.4, 0.5) is 0 Å². The summed E-state index contributed by atoms with van der Waals surface area (Å²) in [6.07, 6.45) is 5.94. The molecule has 2 amide bonds. The van der Waals surface area contributed by atoms with Gasteiger partial charge in [-0.15, -0.1) is 0 Å². The highest BCUT2D eigenvalue weighted by Crippen LogP contribution is 2.33. The molecule has 2 N–H and O–H groups in total. The van der Waals surface area contributed by atoms with Gasteiger partial charge < -0.3 is 24.8 Å². The average Bonchev–Trinajstić information content (AvgIpc) is 3.70. The Kier molecular flexibility index (Phi) is 7.68. The maximum Gasteiger partial charge on any atom is 0.251 e. The smallest absolute Gasteiger partial charge is 0.251 e. The van der Waals surface area contributed by atoms with E-state index in [0.717, 1.165) is 32.4 Å². The van der Waals surface area contributed by atoms with Gasteiger partial charge in [-0.3, -0.25) is 9.59 Å². The highest BCUT2D eigenvalue weighted by molar-refractivity contribution is 5.94. The first-order chi connectivity index (χ1) is 17.6. The lowest BCUT2D eigenvalue weighted by molar-refractivity contribution is -0.137. The van der Waals surface area contributed by atoms with Crippen LogP contribution in [0, 0.1) is 5.92 Å². The molecular weight excluding hydrogens is 452 g/mol. The van der Waals surface area contributed by atoms with E-state index in [1.807, 2.05) is 30.3 Å². The van der Waals surface area contributed by atoms with Crippen molar-refractivity contribution in [3.63, 3.8) is 0 Å². The fraction of sp³-hybridized carbons (Fsp3) is 0.448. The molecular formula is C29H36N4O3. The van der Waals surface area contributed by atoms with E-state index < -0.39 is 0 Å². The van der Waals surface area contributed by atoms with Gasteiger partial charge in [0.05, 0.1) is 5.92 Å². The van der Waals surface area contributed by atoms with Crippen LogP contribution >= 0.6 is 0 Å². The van der Waals surface area contributed by atoms with E-state index in [9.17, 15) is 9.59 Å². The van der Waals surface area contributed by atoms with Crippen LogP contribution in [-0.2, 0) is 22.6 Å². The van der Waals surface area contributed by atoms with Crippen LogP contribution in [0.25, 0.3) is 10.9 Å². The van der Waals surface area contributed by atoms with Gasteiger partial charge in [-0.2, -0.15) is 0 Å². The number of amides is 2. The first-order valence-corrected chi connectivity index (χ1v) is 13.1. The Balaban J connectivity index is 1.28. The molecule has 1 saturated heterocycles. The third-order valence-corrected chi connectivity index (χ3v) is 7.30. The number of carbonyl (C=O) groups excluding carboxylic acids is 2. The summed E-state index contributed by atoms with van der Waals surface area (Å²) in [5.74, 6) is -0.0359. The molecule has 1 aromatic heterocycles. The number of ether oxygens (including phenoxy) is 1. The molecule has 2 atom stereocenters. The Labute approximate surface area is 212 Å². The van der Waals surface area contributed by atoms with E-state index in [0.29, 0.717) is 37.7 Å². The van der Waals surface area contributed by atoms with E-state index in [1.165, 1.54) is 16.5 Å². The minimum atomic E-state index is -0.143. The SMILES string of the molecule is COCCCn1cc(CN(C(=O)C2CNCC(NC(=O)c3ccccc3)C2)C2CC2)c2ccccc21. The molecule has 1 aliphatic carbocycles. The first kappa shape index (κ1) is 24.5. The summed E-state index contributed by atoms with van der Waals surface area (Å²) < 4.78 is 7.53. The Morgan fingerprint density at radius 2 is 1.86 bits per heavy atom. The normalized spacial score (nSPS) is 19.8. The summed E-state index contributed by atoms with van der Waals surface area (Å²) in [6, 6.07) is 18.0. The summed E-state index contributed by atoms with van der Waals surface area (Å²) in [5, 5.41) is 7.72. The number of nitrogens with zero attached hydrogens (tertiary/aromatic N) is 2. The molecule has 36 heavy (non-hydrogen) atoms. The standard InChI is InChI=1S/C29H36N4O3/c1-36-15-7-14-32-19-23(26-10-5-6-11-27(26)32)20-33(25-12-13-25)29(35)22-16-24(18-30-17-22)31-28(34)21-8-3-2-4-9-21/h2-6,8-11,19,22,24-25,30H,7,12-18,20H2,1H3,(H,31,34). The Bertz CT molecular complexity index is 1190. The topological polar surface area (TPSA) is 75.6 Å². The number of para-hydroxylation sites is 1. The number of aromatic nitrogens is 1. The van der Waals surface area contributed by atoms with Crippen LogP contribution < -0.4 is 10.6 Å². The maximum absolute atomic E-state index is 13.8. The number of hydrogen-bond donors (Lipinski definition) is 2. The molecule has 0 radical (unpaired) electrons. The van der Waals surface area contributed by atoms with E-state index in [4.69, 9.17) is 4.74 Å². The van der Waals surface area contributed by atoms with Gasteiger partial charge in [0.15, 0.2) is 0 Å². The summed E-state index contributed by atoms with van der Waals surface area (Å²) in [7, 11) is 1.73. The van der Waals surface area contributed by atoms with Crippen molar-refractivity contribution in [2.75, 3.05) is 26.8 Å². The fourth-order valence-electron chi connectivity index (χ4n) is 5.30. The highest BCUT2D eigenvalue weighted by atomic mass is 16.5. The maximum atomic E-state index is 13.8. The molecule has 3 aromatic rings. The quantitative estimate of drug-likeness (QED) is 0.428. The average molecular weight is 489 g/mol. The lowest BCUT2D eigenvalue weighted by Gasteiger charge is -2.33. The van der Waals surface area contributed by atoms with Gasteiger partial charge in [-0.25, -0.2) is 0 Å². The summed E-state index contributed by atoms with van der Waals surface area (Å²) in [5.41, 5.74) is 3.04. The Morgan fingerprint density at radius 3 is 2.64 bits per heavy atom. The van der Waals surface area contributed by atoms with Crippen molar-refractivity contribution >= 4 is 22.7 Å². The molecule has 2 aromatic carbocycles. The van der Waals surface area contributed by atoms with Crippen molar-refractivity contribution in [1.29, 1.82) is 0 Å². The van der Waals surface area contributed by atoms with Crippen molar-refractivity contribution in [2.45, 2.75) is 50.9 Å². The van der Waals surface area contributed by atoms with Crippen molar-refractivity contribution in [3.05, 3.63) is 71.9 Å². The van der Waals surface area contributed by atoms with Crippen LogP contribution in [0.2, 0.25) is 0 Å². The second kappa shape index (κ2) is 11.3. The third-order valence-electron chi connectivity index (χ3n) is 7.30. The van der Waals surface area contributed by atoms with E-state index >= 15 is 0 Å². The van der Waals surface area contributed by atoms with Gasteiger partial charge in [0, 0.05) is 74.6 Å². The van der Waals surface area contributed by atoms with Crippen LogP contribution in [0.15, 0.2) is 60.8 Å². The number of nitrogens with one attached hydrogen (secondary N) is 2. The second-order valence-electron chi connectivity index (χ2n) is 10.0. The molecule has 2 aliphatic rings. The Morgan fingerprint density at radius 1 is 1.08 bits per heavy atom. The van der Waals surface area contributed by atoms with E-state index in [1.54, 1.807) is 7.11 Å². The van der Waals surface area contributed by atoms with E-state index in [-0.39, 0.29) is 23.8 Å². The van der Waals surface area contributed by atoms with Gasteiger partial charge in [-0.05, 0) is 49.4 Å². The van der Waals surface area contributed by atoms with Gasteiger partial charge in [0.25, 0.3) is 5.91 Å². The number of hydrogen-bond acceptors (Lipinski definition) is 4. The zero-order valence-electron chi connectivity index (χ0n) is 21.0. The molecule has 2 fully saturated rings. The van der Waals surface area contributed by atoms with Crippen molar-refractivity contribution < 1.29 is 14.3 Å². The minimum absolute atomic E-state index is 0.0656. The predicted molar refractivity (Wildman–Crippen MR) is 141 cm³/mol. The first-order valence-electron chi connectivity index (χ1n) is 13.1. The number of fused-ring (bicyclic) bond motifs is 1. The number of benzene rings is 2. The zero-order valence-corrected chi connectivity index (χ0v) is 21.0. The number of piperidine rings is 1. The molecule has 5 rings (SSSR count). The van der Waals surface area contributed by atoms with E-state index in [2.05, 4.69) is 50.6 Å². The predicted octanol–water partition coefficient (Wildman–Crippen LogP) is 3.58. The Hall–Kier alpha value is -3.16. The third kappa shape index (κ3) is 5.63. The second-order valence-corrected chi connectivity index (χ2v) is 10.0. The van der Waals surface area contributed by atoms with Gasteiger partial charge >= 0.3 is 0 Å². The molecule has 1 aliphatic heterocycles. The number of aryl methyl sites for hydroxylation is 1. The molecule has 7 heteroatoms. The lowest BCUT2D eigenvalue weighted by Crippen LogP contribution is -2.53. The van der Waals surface area contributed by atoms with Crippen LogP contribution in [0.5, 0.6) is 0 Å². The largest absolute Gasteiger partial charge is 0.385 e. The molecule has 0 spiro atoms. The summed E-state index contributed by atoms with van der Waals surface area (Å²) in [4.78, 5) is 28.5. The fourth-order valence-corrected chi connectivity index (χ4v) is 5.30. The number of rotatable bonds is 10. The van der Waals surface area contributed by atoms with Crippen molar-refractivity contribution in [2.24, 2.45) is 5.92 Å². The molecule has 2 unspecified atom stereocenters. The summed E-state index contributed by atoms with van der Waals surface area (Å²) in [6.45, 7) is 3.57. The minimum Gasteiger partial charge on any atom is -0.385 e. The summed E-state index contributed by atoms with van der Waals surface area (Å²) >= 11 is 0. The van der Waals surface area contributed by atoms with Crippen LogP contribution in [0.1, 0.15) is 41.6 Å². The van der Waals surface area contributed by atoms with Gasteiger partial charge in [-0.1, -0.05) is 36.4 Å². The molecule has 1 saturated carbocycles. The number of methoxy groups -OCH3 is 1. The molecule has 7 nitrogen and oxygen atoms in total. The van der Waals surface area contributed by atoms with Crippen LogP contribution in [-0.4, -0.2) is 60.2 Å². The zero-order chi connectivity index (χ0) is 24.9. The van der Waals surface area contributed by atoms with Crippen molar-refractivity contribution in [1.82, 2.24) is 20.1 Å².